The van der Waals surface area contributed by atoms with Gasteiger partial charge in [0.2, 0.25) is 0 Å². The van der Waals surface area contributed by atoms with Crippen LogP contribution in [0.5, 0.6) is 17.2 Å². The first-order valence-corrected chi connectivity index (χ1v) is 9.82. The number of nitro groups is 3. The van der Waals surface area contributed by atoms with Crippen molar-refractivity contribution in [3.8, 4) is 17.2 Å². The van der Waals surface area contributed by atoms with Crippen molar-refractivity contribution >= 4 is 17.1 Å². The molecule has 0 aliphatic carbocycles. The van der Waals surface area contributed by atoms with Crippen LogP contribution in [-0.2, 0) is 12.8 Å². The highest BCUT2D eigenvalue weighted by molar-refractivity contribution is 5.59. The molecule has 0 amide bonds. The van der Waals surface area contributed by atoms with Crippen molar-refractivity contribution in [3.05, 3.63) is 100 Å². The van der Waals surface area contributed by atoms with E-state index in [1.54, 1.807) is 0 Å². The number of benzene rings is 3. The number of rotatable bonds is 7. The molecule has 3 N–H and O–H groups in total. The molecule has 12 heteroatoms. The van der Waals surface area contributed by atoms with Gasteiger partial charge in [-0.3, -0.25) is 30.3 Å². The number of hydrogen-bond donors (Lipinski definition) is 3. The smallest absolute Gasteiger partial charge is 0.311 e. The zero-order chi connectivity index (χ0) is 25.3. The van der Waals surface area contributed by atoms with Gasteiger partial charge >= 0.3 is 17.1 Å². The first-order chi connectivity index (χ1) is 15.9. The van der Waals surface area contributed by atoms with Crippen LogP contribution < -0.4 is 0 Å². The van der Waals surface area contributed by atoms with Gasteiger partial charge in [0.05, 0.1) is 14.8 Å². The minimum Gasteiger partial charge on any atom is -0.502 e. The van der Waals surface area contributed by atoms with E-state index in [0.29, 0.717) is 16.7 Å². The van der Waals surface area contributed by atoms with Crippen LogP contribution in [0, 0.1) is 44.2 Å². The van der Waals surface area contributed by atoms with Gasteiger partial charge in [0.15, 0.2) is 17.2 Å². The SMILES string of the molecule is Cc1cc(Cc2cc(Cc3cc(C)c(O)c([N+](=O)[O-])c3)c(O)c([N+](=O)[O-])c2)cc([N+](=O)[O-])c1O. The van der Waals surface area contributed by atoms with E-state index >= 15 is 0 Å². The van der Waals surface area contributed by atoms with E-state index in [0.717, 1.165) is 18.2 Å². The highest BCUT2D eigenvalue weighted by Crippen LogP contribution is 2.37. The minimum absolute atomic E-state index is 0.0187. The topological polar surface area (TPSA) is 190 Å². The van der Waals surface area contributed by atoms with Gasteiger partial charge in [-0.15, -0.1) is 0 Å². The molecule has 176 valence electrons. The molecule has 0 aliphatic heterocycles. The summed E-state index contributed by atoms with van der Waals surface area (Å²) in [6.45, 7) is 2.95. The zero-order valence-electron chi connectivity index (χ0n) is 18.0. The first kappa shape index (κ1) is 23.9. The van der Waals surface area contributed by atoms with Crippen molar-refractivity contribution in [1.29, 1.82) is 0 Å². The molecule has 0 radical (unpaired) electrons. The fraction of sp³-hybridized carbons (Fsp3) is 0.182. The quantitative estimate of drug-likeness (QED) is 0.334. The summed E-state index contributed by atoms with van der Waals surface area (Å²) in [7, 11) is 0. The Balaban J connectivity index is 2.08. The number of aryl methyl sites for hydroxylation is 2. The van der Waals surface area contributed by atoms with E-state index in [1.807, 2.05) is 0 Å². The second kappa shape index (κ2) is 9.02. The fourth-order valence-electron chi connectivity index (χ4n) is 3.72. The summed E-state index contributed by atoms with van der Waals surface area (Å²) in [5, 5.41) is 64.2. The number of nitro benzene ring substituents is 3. The number of phenols is 3. The van der Waals surface area contributed by atoms with E-state index < -0.39 is 49.1 Å². The normalized spacial score (nSPS) is 10.8. The lowest BCUT2D eigenvalue weighted by Crippen LogP contribution is -2.00. The lowest BCUT2D eigenvalue weighted by atomic mass is 9.95. The monoisotopic (exact) mass is 469 g/mol. The molecule has 3 aromatic carbocycles. The Bertz CT molecular complexity index is 1350. The summed E-state index contributed by atoms with van der Waals surface area (Å²) in [6.07, 6.45) is -0.0952. The fourth-order valence-corrected chi connectivity index (χ4v) is 3.72. The van der Waals surface area contributed by atoms with E-state index in [1.165, 1.54) is 32.0 Å². The number of aromatic hydroxyl groups is 3. The predicted molar refractivity (Wildman–Crippen MR) is 119 cm³/mol. The van der Waals surface area contributed by atoms with E-state index in [2.05, 4.69) is 0 Å². The van der Waals surface area contributed by atoms with Gasteiger partial charge in [-0.05, 0) is 48.1 Å². The summed E-state index contributed by atoms with van der Waals surface area (Å²) >= 11 is 0. The number of hydrogen-bond acceptors (Lipinski definition) is 9. The van der Waals surface area contributed by atoms with Gasteiger partial charge in [-0.2, -0.15) is 0 Å². The molecule has 34 heavy (non-hydrogen) atoms. The van der Waals surface area contributed by atoms with Crippen LogP contribution in [0.2, 0.25) is 0 Å². The zero-order valence-corrected chi connectivity index (χ0v) is 18.0. The Morgan fingerprint density at radius 2 is 0.941 bits per heavy atom. The molecule has 0 aromatic heterocycles. The van der Waals surface area contributed by atoms with Gasteiger partial charge in [-0.1, -0.05) is 18.2 Å². The second-order valence-corrected chi connectivity index (χ2v) is 7.81. The van der Waals surface area contributed by atoms with Crippen molar-refractivity contribution < 1.29 is 30.1 Å². The lowest BCUT2D eigenvalue weighted by molar-refractivity contribution is -0.386. The molecular formula is C22H19N3O9. The second-order valence-electron chi connectivity index (χ2n) is 7.81. The molecule has 12 nitrogen and oxygen atoms in total. The molecule has 3 rings (SSSR count). The van der Waals surface area contributed by atoms with Gasteiger partial charge in [-0.25, -0.2) is 0 Å². The third-order valence-corrected chi connectivity index (χ3v) is 5.30. The Labute approximate surface area is 191 Å². The van der Waals surface area contributed by atoms with Crippen LogP contribution in [0.1, 0.15) is 33.4 Å². The maximum Gasteiger partial charge on any atom is 0.311 e. The van der Waals surface area contributed by atoms with Crippen molar-refractivity contribution in [2.24, 2.45) is 0 Å². The largest absolute Gasteiger partial charge is 0.502 e. The number of nitrogens with zero attached hydrogens (tertiary/aromatic N) is 3. The molecule has 0 fully saturated rings. The molecule has 0 saturated heterocycles. The van der Waals surface area contributed by atoms with Crippen LogP contribution in [0.15, 0.2) is 36.4 Å². The van der Waals surface area contributed by atoms with Gasteiger partial charge < -0.3 is 15.3 Å². The highest BCUT2D eigenvalue weighted by Gasteiger charge is 2.23. The molecule has 0 aliphatic rings. The van der Waals surface area contributed by atoms with Crippen molar-refractivity contribution in [2.75, 3.05) is 0 Å². The first-order valence-electron chi connectivity index (χ1n) is 9.82. The van der Waals surface area contributed by atoms with Crippen molar-refractivity contribution in [3.63, 3.8) is 0 Å². The Morgan fingerprint density at radius 3 is 1.35 bits per heavy atom. The summed E-state index contributed by atoms with van der Waals surface area (Å²) in [4.78, 5) is 31.7. The van der Waals surface area contributed by atoms with E-state index in [4.69, 9.17) is 0 Å². The van der Waals surface area contributed by atoms with Gasteiger partial charge in [0.1, 0.15) is 0 Å². The maximum atomic E-state index is 11.5. The standard InChI is InChI=1S/C22H19N3O9/c1-11-3-13(8-17(20(11)26)23(29)30)5-15-7-16(22(28)19(10-15)25(33)34)6-14-4-12(2)21(27)18(9-14)24(31)32/h3-4,7-10,26-28H,5-6H2,1-2H3. The Morgan fingerprint density at radius 1 is 0.588 bits per heavy atom. The van der Waals surface area contributed by atoms with Crippen LogP contribution in [0.4, 0.5) is 17.1 Å². The van der Waals surface area contributed by atoms with Gasteiger partial charge in [0.25, 0.3) is 0 Å². The van der Waals surface area contributed by atoms with Crippen LogP contribution in [0.3, 0.4) is 0 Å². The molecule has 0 bridgehead atoms. The van der Waals surface area contributed by atoms with E-state index in [-0.39, 0.29) is 29.5 Å². The minimum atomic E-state index is -0.780. The Hall–Kier alpha value is -4.74. The molecule has 0 saturated carbocycles. The molecule has 0 spiro atoms. The van der Waals surface area contributed by atoms with Crippen LogP contribution in [0.25, 0.3) is 0 Å². The predicted octanol–water partition coefficient (Wildman–Crippen LogP) is 4.33. The summed E-state index contributed by atoms with van der Waals surface area (Å²) in [5.74, 6) is -1.59. The third kappa shape index (κ3) is 4.70. The number of phenolic OH excluding ortho intramolecular Hbond substituents is 3. The third-order valence-electron chi connectivity index (χ3n) is 5.30. The lowest BCUT2D eigenvalue weighted by Gasteiger charge is -2.11. The molecule has 0 unspecified atom stereocenters. The molecule has 0 heterocycles. The summed E-state index contributed by atoms with van der Waals surface area (Å²) in [6, 6.07) is 7.85. The van der Waals surface area contributed by atoms with E-state index in [9.17, 15) is 45.7 Å². The van der Waals surface area contributed by atoms with Crippen LogP contribution in [-0.4, -0.2) is 30.1 Å². The molecule has 0 atom stereocenters. The summed E-state index contributed by atoms with van der Waals surface area (Å²) in [5.41, 5.74) is 0.0390. The Kier molecular flexibility index (Phi) is 6.34. The average Bonchev–Trinajstić information content (AvgIpc) is 2.74. The maximum absolute atomic E-state index is 11.5. The molecular weight excluding hydrogens is 450 g/mol. The molecule has 3 aromatic rings. The average molecular weight is 469 g/mol. The van der Waals surface area contributed by atoms with Gasteiger partial charge in [0, 0.05) is 30.2 Å². The van der Waals surface area contributed by atoms with Crippen LogP contribution >= 0.6 is 0 Å². The van der Waals surface area contributed by atoms with Crippen molar-refractivity contribution in [2.45, 2.75) is 26.7 Å². The van der Waals surface area contributed by atoms with Crippen molar-refractivity contribution in [1.82, 2.24) is 0 Å². The highest BCUT2D eigenvalue weighted by atomic mass is 16.6. The summed E-state index contributed by atoms with van der Waals surface area (Å²) < 4.78 is 0.